The number of nitro groups is 1. The Morgan fingerprint density at radius 1 is 1.29 bits per heavy atom. The van der Waals surface area contributed by atoms with Gasteiger partial charge in [-0.2, -0.15) is 0 Å². The number of nitrogens with zero attached hydrogens (tertiary/aromatic N) is 3. The van der Waals surface area contributed by atoms with Crippen molar-refractivity contribution in [3.05, 3.63) is 64.0 Å². The van der Waals surface area contributed by atoms with Crippen molar-refractivity contribution in [1.29, 1.82) is 0 Å². The number of nitro benzene ring substituents is 1. The Labute approximate surface area is 119 Å². The van der Waals surface area contributed by atoms with Gasteiger partial charge in [-0.05, 0) is 18.6 Å². The summed E-state index contributed by atoms with van der Waals surface area (Å²) in [6, 6.07) is 8.12. The molecule has 0 aliphatic carbocycles. The fourth-order valence-electron chi connectivity index (χ4n) is 2.19. The monoisotopic (exact) mass is 281 g/mol. The Morgan fingerprint density at radius 2 is 2.10 bits per heavy atom. The number of fused-ring (bicyclic) bond motifs is 1. The highest BCUT2D eigenvalue weighted by Crippen LogP contribution is 2.24. The molecule has 0 radical (unpaired) electrons. The highest BCUT2D eigenvalue weighted by Gasteiger charge is 2.10. The van der Waals surface area contributed by atoms with E-state index in [4.69, 9.17) is 0 Å². The van der Waals surface area contributed by atoms with E-state index < -0.39 is 4.92 Å². The Morgan fingerprint density at radius 3 is 2.81 bits per heavy atom. The number of aromatic nitrogens is 2. The Kier molecular flexibility index (Phi) is 2.98. The van der Waals surface area contributed by atoms with Crippen LogP contribution in [0.5, 0.6) is 0 Å². The van der Waals surface area contributed by atoms with Gasteiger partial charge in [-0.15, -0.1) is 0 Å². The normalized spacial score (nSPS) is 10.7. The minimum Gasteiger partial charge on any atom is -0.306 e. The van der Waals surface area contributed by atoms with Gasteiger partial charge < -0.3 is 4.40 Å². The van der Waals surface area contributed by atoms with Crippen LogP contribution in [0.2, 0.25) is 0 Å². The van der Waals surface area contributed by atoms with E-state index in [9.17, 15) is 14.9 Å². The van der Waals surface area contributed by atoms with Crippen LogP contribution in [0.3, 0.4) is 0 Å². The maximum Gasteiger partial charge on any atom is 0.270 e. The number of pyridine rings is 1. The number of benzene rings is 1. The molecule has 104 valence electrons. The molecule has 3 rings (SSSR count). The molecular formula is C15H11N3O3. The highest BCUT2D eigenvalue weighted by atomic mass is 16.6. The molecule has 6 heteroatoms. The van der Waals surface area contributed by atoms with Crippen LogP contribution in [0.15, 0.2) is 42.7 Å². The Hall–Kier alpha value is -3.02. The van der Waals surface area contributed by atoms with E-state index in [0.29, 0.717) is 22.5 Å². The van der Waals surface area contributed by atoms with Gasteiger partial charge in [-0.25, -0.2) is 4.98 Å². The lowest BCUT2D eigenvalue weighted by Gasteiger charge is -1.98. The van der Waals surface area contributed by atoms with Gasteiger partial charge in [-0.3, -0.25) is 14.9 Å². The average Bonchev–Trinajstić information content (AvgIpc) is 2.89. The quantitative estimate of drug-likeness (QED) is 0.420. The molecule has 3 aromatic rings. The van der Waals surface area contributed by atoms with E-state index in [-0.39, 0.29) is 5.69 Å². The first-order valence-corrected chi connectivity index (χ1v) is 6.28. The molecule has 0 spiro atoms. The summed E-state index contributed by atoms with van der Waals surface area (Å²) in [7, 11) is 0. The molecule has 0 bridgehead atoms. The van der Waals surface area contributed by atoms with Crippen molar-refractivity contribution in [2.24, 2.45) is 0 Å². The largest absolute Gasteiger partial charge is 0.306 e. The Bertz CT molecular complexity index is 868. The number of aldehydes is 1. The van der Waals surface area contributed by atoms with Crippen molar-refractivity contribution < 1.29 is 9.72 Å². The van der Waals surface area contributed by atoms with E-state index in [0.717, 1.165) is 11.8 Å². The molecular weight excluding hydrogens is 270 g/mol. The summed E-state index contributed by atoms with van der Waals surface area (Å²) in [6.45, 7) is 1.84. The zero-order chi connectivity index (χ0) is 15.0. The van der Waals surface area contributed by atoms with Gasteiger partial charge >= 0.3 is 0 Å². The maximum absolute atomic E-state index is 11.0. The highest BCUT2D eigenvalue weighted by molar-refractivity contribution is 5.78. The fraction of sp³-hybridized carbons (Fsp3) is 0.0667. The van der Waals surface area contributed by atoms with E-state index in [1.165, 1.54) is 12.1 Å². The number of rotatable bonds is 3. The zero-order valence-corrected chi connectivity index (χ0v) is 11.2. The predicted molar refractivity (Wildman–Crippen MR) is 77.4 cm³/mol. The molecule has 0 N–H and O–H groups in total. The second-order valence-corrected chi connectivity index (χ2v) is 4.73. The Balaban J connectivity index is 2.15. The summed E-state index contributed by atoms with van der Waals surface area (Å²) < 4.78 is 1.74. The molecule has 2 aromatic heterocycles. The first-order chi connectivity index (χ1) is 10.1. The fourth-order valence-corrected chi connectivity index (χ4v) is 2.19. The van der Waals surface area contributed by atoms with Crippen LogP contribution in [-0.4, -0.2) is 20.6 Å². The molecule has 0 saturated carbocycles. The van der Waals surface area contributed by atoms with E-state index in [1.54, 1.807) is 28.9 Å². The van der Waals surface area contributed by atoms with Crippen LogP contribution < -0.4 is 0 Å². The van der Waals surface area contributed by atoms with Gasteiger partial charge in [0.15, 0.2) is 6.29 Å². The number of imidazole rings is 1. The topological polar surface area (TPSA) is 77.5 Å². The van der Waals surface area contributed by atoms with Gasteiger partial charge in [0.05, 0.1) is 10.6 Å². The maximum atomic E-state index is 11.0. The third-order valence-corrected chi connectivity index (χ3v) is 3.32. The number of carbonyl (C=O) groups excluding carboxylic acids is 1. The second-order valence-electron chi connectivity index (χ2n) is 4.73. The van der Waals surface area contributed by atoms with Crippen LogP contribution in [0.1, 0.15) is 15.9 Å². The lowest BCUT2D eigenvalue weighted by molar-refractivity contribution is -0.384. The second kappa shape index (κ2) is 4.82. The zero-order valence-electron chi connectivity index (χ0n) is 11.2. The van der Waals surface area contributed by atoms with Crippen molar-refractivity contribution in [2.45, 2.75) is 6.92 Å². The first kappa shape index (κ1) is 13.0. The summed E-state index contributed by atoms with van der Waals surface area (Å²) >= 11 is 0. The third-order valence-electron chi connectivity index (χ3n) is 3.32. The number of hydrogen-bond donors (Lipinski definition) is 0. The lowest BCUT2D eigenvalue weighted by Crippen LogP contribution is -1.91. The molecule has 2 heterocycles. The van der Waals surface area contributed by atoms with Crippen LogP contribution in [0, 0.1) is 17.0 Å². The molecule has 0 amide bonds. The van der Waals surface area contributed by atoms with Crippen molar-refractivity contribution in [1.82, 2.24) is 9.38 Å². The molecule has 0 unspecified atom stereocenters. The van der Waals surface area contributed by atoms with E-state index in [1.807, 2.05) is 13.0 Å². The van der Waals surface area contributed by atoms with Crippen LogP contribution in [-0.2, 0) is 0 Å². The molecule has 0 fully saturated rings. The molecule has 0 aliphatic heterocycles. The molecule has 0 saturated heterocycles. The molecule has 0 atom stereocenters. The standard InChI is InChI=1S/C15H11N3O3/c1-10-5-15-16-14(8-17(15)7-12(10)9-19)11-3-2-4-13(6-11)18(20)21/h2-9H,1H3. The van der Waals surface area contributed by atoms with Gasteiger partial charge in [0.25, 0.3) is 5.69 Å². The lowest BCUT2D eigenvalue weighted by atomic mass is 10.1. The van der Waals surface area contributed by atoms with Gasteiger partial charge in [0.1, 0.15) is 5.65 Å². The SMILES string of the molecule is Cc1cc2nc(-c3cccc([N+](=O)[O-])c3)cn2cc1C=O. The molecule has 1 aromatic carbocycles. The predicted octanol–water partition coefficient (Wildman–Crippen LogP) is 3.03. The smallest absolute Gasteiger partial charge is 0.270 e. The summed E-state index contributed by atoms with van der Waals surface area (Å²) in [5.74, 6) is 0. The van der Waals surface area contributed by atoms with Gasteiger partial charge in [-0.1, -0.05) is 12.1 Å². The van der Waals surface area contributed by atoms with Crippen LogP contribution in [0.4, 0.5) is 5.69 Å². The number of hydrogen-bond acceptors (Lipinski definition) is 4. The molecule has 0 aliphatic rings. The molecule has 6 nitrogen and oxygen atoms in total. The van der Waals surface area contributed by atoms with Gasteiger partial charge in [0, 0.05) is 35.7 Å². The number of aryl methyl sites for hydroxylation is 1. The van der Waals surface area contributed by atoms with Crippen molar-refractivity contribution in [2.75, 3.05) is 0 Å². The van der Waals surface area contributed by atoms with Crippen molar-refractivity contribution in [3.63, 3.8) is 0 Å². The van der Waals surface area contributed by atoms with Crippen molar-refractivity contribution >= 4 is 17.6 Å². The average molecular weight is 281 g/mol. The summed E-state index contributed by atoms with van der Waals surface area (Å²) in [5.41, 5.74) is 3.44. The third kappa shape index (κ3) is 2.27. The van der Waals surface area contributed by atoms with E-state index >= 15 is 0 Å². The van der Waals surface area contributed by atoms with Crippen LogP contribution >= 0.6 is 0 Å². The first-order valence-electron chi connectivity index (χ1n) is 6.28. The summed E-state index contributed by atoms with van der Waals surface area (Å²) in [5, 5.41) is 10.8. The van der Waals surface area contributed by atoms with Gasteiger partial charge in [0.2, 0.25) is 0 Å². The molecule has 21 heavy (non-hydrogen) atoms. The van der Waals surface area contributed by atoms with Crippen molar-refractivity contribution in [3.8, 4) is 11.3 Å². The summed E-state index contributed by atoms with van der Waals surface area (Å²) in [6.07, 6.45) is 4.24. The number of carbonyl (C=O) groups is 1. The minimum absolute atomic E-state index is 0.0225. The minimum atomic E-state index is -0.437. The van der Waals surface area contributed by atoms with Crippen LogP contribution in [0.25, 0.3) is 16.9 Å². The van der Waals surface area contributed by atoms with E-state index in [2.05, 4.69) is 4.98 Å². The number of non-ortho nitro benzene ring substituents is 1. The summed E-state index contributed by atoms with van der Waals surface area (Å²) in [4.78, 5) is 25.8.